The first-order valence-corrected chi connectivity index (χ1v) is 14.7. The van der Waals surface area contributed by atoms with Crippen molar-refractivity contribution in [2.75, 3.05) is 61.5 Å². The van der Waals surface area contributed by atoms with E-state index in [4.69, 9.17) is 21.1 Å². The number of ether oxygens (including phenoxy) is 2. The molecule has 0 bridgehead atoms. The third-order valence-electron chi connectivity index (χ3n) is 7.38. The number of amides is 2. The maximum absolute atomic E-state index is 14.3. The van der Waals surface area contributed by atoms with E-state index in [0.29, 0.717) is 43.6 Å². The Morgan fingerprint density at radius 2 is 1.77 bits per heavy atom. The van der Waals surface area contributed by atoms with Crippen molar-refractivity contribution < 1.29 is 28.6 Å². The van der Waals surface area contributed by atoms with Crippen molar-refractivity contribution in [3.63, 3.8) is 0 Å². The molecule has 2 fully saturated rings. The molecule has 2 aromatic carbocycles. The highest BCUT2D eigenvalue weighted by Crippen LogP contribution is 2.31. The first kappa shape index (κ1) is 30.7. The molecule has 1 atom stereocenters. The van der Waals surface area contributed by atoms with E-state index in [1.807, 2.05) is 12.1 Å². The predicted molar refractivity (Wildman–Crippen MR) is 163 cm³/mol. The van der Waals surface area contributed by atoms with Gasteiger partial charge in [-0.2, -0.15) is 0 Å². The third-order valence-corrected chi connectivity index (χ3v) is 7.60. The van der Waals surface area contributed by atoms with Crippen LogP contribution in [-0.4, -0.2) is 85.0 Å². The van der Waals surface area contributed by atoms with Gasteiger partial charge in [-0.15, -0.1) is 0 Å². The van der Waals surface area contributed by atoms with Gasteiger partial charge in [0.25, 0.3) is 11.8 Å². The Balaban J connectivity index is 1.37. The zero-order valence-electron chi connectivity index (χ0n) is 23.9. The first-order chi connectivity index (χ1) is 20.7. The van der Waals surface area contributed by atoms with E-state index in [2.05, 4.69) is 25.4 Å². The number of carbonyl (C=O) groups excluding carboxylic acids is 2. The number of aliphatic hydroxyl groups is 1. The van der Waals surface area contributed by atoms with Crippen LogP contribution in [0.1, 0.15) is 40.5 Å². The van der Waals surface area contributed by atoms with E-state index in [-0.39, 0.29) is 28.7 Å². The van der Waals surface area contributed by atoms with E-state index in [9.17, 15) is 19.1 Å². The molecule has 3 heterocycles. The molecule has 10 nitrogen and oxygen atoms in total. The van der Waals surface area contributed by atoms with E-state index in [0.717, 1.165) is 43.8 Å². The van der Waals surface area contributed by atoms with Crippen molar-refractivity contribution >= 4 is 40.6 Å². The summed E-state index contributed by atoms with van der Waals surface area (Å²) in [7, 11) is 0. The lowest BCUT2D eigenvalue weighted by molar-refractivity contribution is 0.0665. The average Bonchev–Trinajstić information content (AvgIpc) is 2.99. The average molecular weight is 612 g/mol. The summed E-state index contributed by atoms with van der Waals surface area (Å²) in [6.45, 7) is 6.55. The number of pyridine rings is 1. The van der Waals surface area contributed by atoms with Crippen molar-refractivity contribution in [3.8, 4) is 5.75 Å². The van der Waals surface area contributed by atoms with Crippen LogP contribution in [0.4, 0.5) is 21.6 Å². The van der Waals surface area contributed by atoms with Gasteiger partial charge in [-0.3, -0.25) is 9.59 Å². The number of anilines is 3. The number of β-amino-alcohol motifs (C(OH)–C–C–N with tert-alkyl or cyclic N) is 1. The number of nitrogens with zero attached hydrogens (tertiary/aromatic N) is 3. The summed E-state index contributed by atoms with van der Waals surface area (Å²) >= 11 is 5.88. The zero-order valence-corrected chi connectivity index (χ0v) is 24.6. The van der Waals surface area contributed by atoms with Crippen LogP contribution in [0.3, 0.4) is 0 Å². The van der Waals surface area contributed by atoms with Crippen LogP contribution in [0.5, 0.6) is 5.75 Å². The molecule has 12 heteroatoms. The highest BCUT2D eigenvalue weighted by atomic mass is 35.5. The topological polar surface area (TPSA) is 116 Å². The molecule has 0 saturated carbocycles. The van der Waals surface area contributed by atoms with Crippen LogP contribution in [0.15, 0.2) is 54.7 Å². The van der Waals surface area contributed by atoms with Crippen LogP contribution >= 0.6 is 11.6 Å². The number of piperidine rings is 1. The van der Waals surface area contributed by atoms with Gasteiger partial charge in [0.2, 0.25) is 0 Å². The molecule has 43 heavy (non-hydrogen) atoms. The highest BCUT2D eigenvalue weighted by molar-refractivity contribution is 6.30. The molecule has 2 amide bonds. The van der Waals surface area contributed by atoms with Gasteiger partial charge in [-0.05, 0) is 62.2 Å². The van der Waals surface area contributed by atoms with E-state index in [1.54, 1.807) is 19.1 Å². The van der Waals surface area contributed by atoms with E-state index >= 15 is 0 Å². The lowest BCUT2D eigenvalue weighted by atomic mass is 10.1. The Hall–Kier alpha value is -3.77. The Morgan fingerprint density at radius 3 is 2.47 bits per heavy atom. The Morgan fingerprint density at radius 1 is 1.05 bits per heavy atom. The predicted octanol–water partition coefficient (Wildman–Crippen LogP) is 4.44. The van der Waals surface area contributed by atoms with Crippen LogP contribution in [-0.2, 0) is 4.74 Å². The fourth-order valence-corrected chi connectivity index (χ4v) is 5.33. The first-order valence-electron chi connectivity index (χ1n) is 14.3. The third kappa shape index (κ3) is 8.20. The lowest BCUT2D eigenvalue weighted by Crippen LogP contribution is -2.41. The summed E-state index contributed by atoms with van der Waals surface area (Å²) in [6, 6.07) is 12.1. The zero-order chi connectivity index (χ0) is 30.3. The standard InChI is InChI=1S/C31H35ClFN5O5/c1-20(39)19-37-10-8-24(9-11-37)43-28-17-23(38-12-14-42-15-13-38)4-6-26(28)31(41)35-27-16-22(33)3-5-25(27)30(40)36-29-7-2-21(32)18-34-29/h2-7,16-18,20,24,39H,8-15,19H2,1H3,(H,35,41)(H,34,36,40)/t20-/m0/s1. The molecular weight excluding hydrogens is 577 g/mol. The minimum Gasteiger partial charge on any atom is -0.489 e. The summed E-state index contributed by atoms with van der Waals surface area (Å²) < 4.78 is 26.3. The van der Waals surface area contributed by atoms with Crippen molar-refractivity contribution in [1.29, 1.82) is 0 Å². The maximum atomic E-state index is 14.3. The summed E-state index contributed by atoms with van der Waals surface area (Å²) in [6.07, 6.45) is 2.34. The number of nitrogens with one attached hydrogen (secondary N) is 2. The largest absolute Gasteiger partial charge is 0.489 e. The smallest absolute Gasteiger partial charge is 0.259 e. The molecule has 2 aliphatic heterocycles. The number of hydrogen-bond acceptors (Lipinski definition) is 8. The molecule has 5 rings (SSSR count). The van der Waals surface area contributed by atoms with Crippen LogP contribution in [0, 0.1) is 5.82 Å². The number of morpholine rings is 1. The normalized spacial score (nSPS) is 16.9. The molecule has 3 aromatic rings. The van der Waals surface area contributed by atoms with Crippen molar-refractivity contribution in [1.82, 2.24) is 9.88 Å². The minimum absolute atomic E-state index is 0.00565. The van der Waals surface area contributed by atoms with E-state index < -0.39 is 23.7 Å². The summed E-state index contributed by atoms with van der Waals surface area (Å²) in [5.41, 5.74) is 1.23. The second-order valence-electron chi connectivity index (χ2n) is 10.7. The summed E-state index contributed by atoms with van der Waals surface area (Å²) in [4.78, 5) is 35.2. The van der Waals surface area contributed by atoms with Gasteiger partial charge in [0.1, 0.15) is 23.5 Å². The van der Waals surface area contributed by atoms with Crippen LogP contribution in [0.25, 0.3) is 0 Å². The molecule has 3 N–H and O–H groups in total. The van der Waals surface area contributed by atoms with Gasteiger partial charge < -0.3 is 35.0 Å². The Kier molecular flexibility index (Phi) is 10.1. The van der Waals surface area contributed by atoms with Crippen molar-refractivity contribution in [2.24, 2.45) is 0 Å². The van der Waals surface area contributed by atoms with Crippen LogP contribution in [0.2, 0.25) is 5.02 Å². The van der Waals surface area contributed by atoms with Gasteiger partial charge in [-0.25, -0.2) is 9.37 Å². The molecule has 1 aromatic heterocycles. The molecular formula is C31H35ClFN5O5. The second kappa shape index (κ2) is 14.1. The Labute approximate surface area is 254 Å². The minimum atomic E-state index is -0.612. The number of benzene rings is 2. The molecule has 0 unspecified atom stereocenters. The van der Waals surface area contributed by atoms with Gasteiger partial charge in [-0.1, -0.05) is 11.6 Å². The monoisotopic (exact) mass is 611 g/mol. The fraction of sp³-hybridized carbons (Fsp3) is 0.387. The summed E-state index contributed by atoms with van der Waals surface area (Å²) in [5.74, 6) is -1.07. The number of likely N-dealkylation sites (tertiary alicyclic amines) is 1. The van der Waals surface area contributed by atoms with Crippen molar-refractivity contribution in [3.05, 3.63) is 76.7 Å². The van der Waals surface area contributed by atoms with E-state index in [1.165, 1.54) is 18.3 Å². The molecule has 228 valence electrons. The SMILES string of the molecule is C[C@H](O)CN1CCC(Oc2cc(N3CCOCC3)ccc2C(=O)Nc2cc(F)ccc2C(=O)Nc2ccc(Cl)cn2)CC1. The molecule has 2 saturated heterocycles. The lowest BCUT2D eigenvalue weighted by Gasteiger charge is -2.33. The maximum Gasteiger partial charge on any atom is 0.259 e. The Bertz CT molecular complexity index is 1430. The quantitative estimate of drug-likeness (QED) is 0.325. The number of halogens is 2. The second-order valence-corrected chi connectivity index (χ2v) is 11.1. The van der Waals surface area contributed by atoms with Crippen LogP contribution < -0.4 is 20.3 Å². The molecule has 0 spiro atoms. The number of aliphatic hydroxyl groups excluding tert-OH is 1. The number of rotatable bonds is 9. The molecule has 2 aliphatic rings. The molecule has 0 radical (unpaired) electrons. The van der Waals surface area contributed by atoms with Gasteiger partial charge >= 0.3 is 0 Å². The highest BCUT2D eigenvalue weighted by Gasteiger charge is 2.25. The van der Waals surface area contributed by atoms with Crippen molar-refractivity contribution in [2.45, 2.75) is 32.0 Å². The van der Waals surface area contributed by atoms with Gasteiger partial charge in [0.05, 0.1) is 41.2 Å². The number of carbonyl (C=O) groups is 2. The summed E-state index contributed by atoms with van der Waals surface area (Å²) in [5, 5.41) is 15.5. The fourth-order valence-electron chi connectivity index (χ4n) is 5.22. The number of hydrogen-bond donors (Lipinski definition) is 3. The van der Waals surface area contributed by atoms with Gasteiger partial charge in [0, 0.05) is 50.7 Å². The number of aromatic nitrogens is 1. The molecule has 0 aliphatic carbocycles. The van der Waals surface area contributed by atoms with Gasteiger partial charge in [0.15, 0.2) is 0 Å².